The van der Waals surface area contributed by atoms with Gasteiger partial charge in [0.05, 0.1) is 4.92 Å². The lowest BCUT2D eigenvalue weighted by atomic mass is 10.1. The number of hydrogen-bond donors (Lipinski definition) is 2. The molecule has 2 aromatic rings. The molecule has 0 saturated carbocycles. The van der Waals surface area contributed by atoms with Gasteiger partial charge in [0.15, 0.2) is 0 Å². The van der Waals surface area contributed by atoms with Crippen molar-refractivity contribution in [2.45, 2.75) is 0 Å². The standard InChI is InChI=1S/C18H13NO7/c20-14-3-1-2-12(10-14)6-9-18(23)26-16-11-13(5-8-17(21)22)4-7-15(16)19(24)25/h1-11,20H,(H,21,22). The summed E-state index contributed by atoms with van der Waals surface area (Å²) in [5.41, 5.74) is 0.420. The van der Waals surface area contributed by atoms with Crippen molar-refractivity contribution in [3.8, 4) is 11.5 Å². The molecule has 0 aromatic heterocycles. The molecule has 132 valence electrons. The fraction of sp³-hybridized carbons (Fsp3) is 0. The number of carboxylic acids is 1. The van der Waals surface area contributed by atoms with Crippen LogP contribution < -0.4 is 4.74 Å². The first-order valence-electron chi connectivity index (χ1n) is 7.23. The Morgan fingerprint density at radius 3 is 2.38 bits per heavy atom. The van der Waals surface area contributed by atoms with Crippen LogP contribution >= 0.6 is 0 Å². The number of carboxylic acid groups (broad SMARTS) is 1. The number of phenolic OH excluding ortho intramolecular Hbond substituents is 1. The van der Waals surface area contributed by atoms with Gasteiger partial charge in [-0.1, -0.05) is 12.1 Å². The lowest BCUT2D eigenvalue weighted by Crippen LogP contribution is -2.06. The van der Waals surface area contributed by atoms with E-state index in [2.05, 4.69) is 0 Å². The minimum atomic E-state index is -1.18. The highest BCUT2D eigenvalue weighted by Gasteiger charge is 2.17. The number of ether oxygens (including phenoxy) is 1. The van der Waals surface area contributed by atoms with Crippen LogP contribution in [0.2, 0.25) is 0 Å². The van der Waals surface area contributed by atoms with E-state index in [-0.39, 0.29) is 11.5 Å². The van der Waals surface area contributed by atoms with Crippen molar-refractivity contribution >= 4 is 29.8 Å². The van der Waals surface area contributed by atoms with E-state index in [9.17, 15) is 24.8 Å². The molecule has 0 aliphatic heterocycles. The highest BCUT2D eigenvalue weighted by atomic mass is 16.6. The normalized spacial score (nSPS) is 10.9. The largest absolute Gasteiger partial charge is 0.508 e. The summed E-state index contributed by atoms with van der Waals surface area (Å²) in [5.74, 6) is -2.34. The molecule has 0 aliphatic carbocycles. The number of phenols is 1. The second-order valence-corrected chi connectivity index (χ2v) is 5.01. The molecule has 0 heterocycles. The monoisotopic (exact) mass is 355 g/mol. The Kier molecular flexibility index (Phi) is 5.83. The number of carbonyl (C=O) groups is 2. The Balaban J connectivity index is 2.22. The minimum Gasteiger partial charge on any atom is -0.508 e. The molecule has 2 rings (SSSR count). The van der Waals surface area contributed by atoms with Crippen LogP contribution in [-0.4, -0.2) is 27.1 Å². The zero-order valence-electron chi connectivity index (χ0n) is 13.2. The number of nitro groups is 1. The lowest BCUT2D eigenvalue weighted by Gasteiger charge is -2.04. The molecular formula is C18H13NO7. The van der Waals surface area contributed by atoms with Gasteiger partial charge in [0.25, 0.3) is 0 Å². The maximum Gasteiger partial charge on any atom is 0.336 e. The first-order chi connectivity index (χ1) is 12.3. The summed E-state index contributed by atoms with van der Waals surface area (Å²) in [7, 11) is 0. The van der Waals surface area contributed by atoms with Gasteiger partial charge in [-0.2, -0.15) is 0 Å². The summed E-state index contributed by atoms with van der Waals surface area (Å²) in [6.45, 7) is 0. The average Bonchev–Trinajstić information content (AvgIpc) is 2.58. The number of benzene rings is 2. The predicted molar refractivity (Wildman–Crippen MR) is 92.5 cm³/mol. The van der Waals surface area contributed by atoms with Crippen LogP contribution in [0.25, 0.3) is 12.2 Å². The van der Waals surface area contributed by atoms with Crippen molar-refractivity contribution in [3.05, 3.63) is 75.9 Å². The average molecular weight is 355 g/mol. The number of esters is 1. The molecule has 8 heteroatoms. The smallest absolute Gasteiger partial charge is 0.336 e. The van der Waals surface area contributed by atoms with E-state index in [1.165, 1.54) is 36.4 Å². The Morgan fingerprint density at radius 2 is 1.73 bits per heavy atom. The van der Waals surface area contributed by atoms with E-state index in [0.29, 0.717) is 11.1 Å². The molecule has 8 nitrogen and oxygen atoms in total. The van der Waals surface area contributed by atoms with Crippen molar-refractivity contribution in [2.75, 3.05) is 0 Å². The molecule has 0 amide bonds. The molecule has 0 fully saturated rings. The number of rotatable bonds is 6. The third-order valence-corrected chi connectivity index (χ3v) is 3.09. The van der Waals surface area contributed by atoms with Crippen molar-refractivity contribution in [1.29, 1.82) is 0 Å². The summed E-state index contributed by atoms with van der Waals surface area (Å²) < 4.78 is 5.00. The van der Waals surface area contributed by atoms with Gasteiger partial charge in [-0.25, -0.2) is 9.59 Å². The van der Waals surface area contributed by atoms with E-state index in [4.69, 9.17) is 9.84 Å². The fourth-order valence-electron chi connectivity index (χ4n) is 1.97. The van der Waals surface area contributed by atoms with E-state index in [1.54, 1.807) is 12.1 Å². The molecule has 26 heavy (non-hydrogen) atoms. The van der Waals surface area contributed by atoms with Crippen LogP contribution in [0.1, 0.15) is 11.1 Å². The van der Waals surface area contributed by atoms with E-state index >= 15 is 0 Å². The van der Waals surface area contributed by atoms with Gasteiger partial charge in [-0.3, -0.25) is 10.1 Å². The van der Waals surface area contributed by atoms with Gasteiger partial charge in [0, 0.05) is 18.2 Å². The van der Waals surface area contributed by atoms with Crippen LogP contribution in [0, 0.1) is 10.1 Å². The maximum absolute atomic E-state index is 11.9. The summed E-state index contributed by atoms with van der Waals surface area (Å²) in [4.78, 5) is 32.8. The molecular weight excluding hydrogens is 342 g/mol. The molecule has 2 N–H and O–H groups in total. The van der Waals surface area contributed by atoms with Gasteiger partial charge in [-0.15, -0.1) is 0 Å². The summed E-state index contributed by atoms with van der Waals surface area (Å²) in [5, 5.41) is 29.0. The molecule has 0 radical (unpaired) electrons. The molecule has 0 atom stereocenters. The van der Waals surface area contributed by atoms with E-state index in [1.807, 2.05) is 0 Å². The van der Waals surface area contributed by atoms with Crippen LogP contribution in [0.3, 0.4) is 0 Å². The highest BCUT2D eigenvalue weighted by Crippen LogP contribution is 2.28. The maximum atomic E-state index is 11.9. The Bertz CT molecular complexity index is 916. The number of carbonyl (C=O) groups excluding carboxylic acids is 1. The summed E-state index contributed by atoms with van der Waals surface area (Å²) >= 11 is 0. The zero-order chi connectivity index (χ0) is 19.1. The lowest BCUT2D eigenvalue weighted by molar-refractivity contribution is -0.385. The van der Waals surface area contributed by atoms with Gasteiger partial charge in [-0.05, 0) is 47.5 Å². The number of nitro benzene ring substituents is 1. The first-order valence-corrected chi connectivity index (χ1v) is 7.23. The Hall–Kier alpha value is -3.94. The fourth-order valence-corrected chi connectivity index (χ4v) is 1.97. The number of nitrogens with zero attached hydrogens (tertiary/aromatic N) is 1. The first kappa shape index (κ1) is 18.4. The molecule has 0 spiro atoms. The predicted octanol–water partition coefficient (Wildman–Crippen LogP) is 3.02. The van der Waals surface area contributed by atoms with Crippen molar-refractivity contribution < 1.29 is 29.5 Å². The van der Waals surface area contributed by atoms with Gasteiger partial charge >= 0.3 is 17.6 Å². The molecule has 0 aliphatic rings. The van der Waals surface area contributed by atoms with Gasteiger partial charge < -0.3 is 14.9 Å². The highest BCUT2D eigenvalue weighted by molar-refractivity contribution is 5.89. The molecule has 2 aromatic carbocycles. The zero-order valence-corrected chi connectivity index (χ0v) is 13.2. The minimum absolute atomic E-state index is 0.0223. The Morgan fingerprint density at radius 1 is 1.04 bits per heavy atom. The number of aromatic hydroxyl groups is 1. The third-order valence-electron chi connectivity index (χ3n) is 3.09. The second kappa shape index (κ2) is 8.25. The topological polar surface area (TPSA) is 127 Å². The second-order valence-electron chi connectivity index (χ2n) is 5.01. The number of aliphatic carboxylic acids is 1. The van der Waals surface area contributed by atoms with Gasteiger partial charge in [0.2, 0.25) is 5.75 Å². The van der Waals surface area contributed by atoms with E-state index in [0.717, 1.165) is 18.2 Å². The molecule has 0 unspecified atom stereocenters. The van der Waals surface area contributed by atoms with Crippen LogP contribution in [0.15, 0.2) is 54.6 Å². The van der Waals surface area contributed by atoms with Crippen LogP contribution in [0.4, 0.5) is 5.69 Å². The van der Waals surface area contributed by atoms with Crippen molar-refractivity contribution in [2.24, 2.45) is 0 Å². The number of hydrogen-bond acceptors (Lipinski definition) is 6. The third kappa shape index (κ3) is 5.31. The van der Waals surface area contributed by atoms with Crippen molar-refractivity contribution in [3.63, 3.8) is 0 Å². The van der Waals surface area contributed by atoms with Crippen LogP contribution in [0.5, 0.6) is 11.5 Å². The van der Waals surface area contributed by atoms with Crippen LogP contribution in [-0.2, 0) is 9.59 Å². The molecule has 0 saturated heterocycles. The Labute approximate surface area is 147 Å². The SMILES string of the molecule is O=C(O)C=Cc1ccc([N+](=O)[O-])c(OC(=O)C=Cc2cccc(O)c2)c1. The van der Waals surface area contributed by atoms with E-state index < -0.39 is 22.5 Å². The molecule has 0 bridgehead atoms. The summed E-state index contributed by atoms with van der Waals surface area (Å²) in [6, 6.07) is 9.75. The summed E-state index contributed by atoms with van der Waals surface area (Å²) in [6.07, 6.45) is 4.50. The quantitative estimate of drug-likeness (QED) is 0.268. The van der Waals surface area contributed by atoms with Crippen molar-refractivity contribution in [1.82, 2.24) is 0 Å². The van der Waals surface area contributed by atoms with Gasteiger partial charge in [0.1, 0.15) is 5.75 Å².